The molecule has 0 aliphatic carbocycles. The number of nitrogens with one attached hydrogen (secondary N) is 1. The highest BCUT2D eigenvalue weighted by molar-refractivity contribution is 5.75. The van der Waals surface area contributed by atoms with Crippen molar-refractivity contribution in [1.82, 2.24) is 15.1 Å². The first-order valence-electron chi connectivity index (χ1n) is 8.15. The van der Waals surface area contributed by atoms with E-state index in [0.717, 1.165) is 30.8 Å². The Morgan fingerprint density at radius 3 is 2.74 bits per heavy atom. The molecule has 0 radical (unpaired) electrons. The second-order valence-corrected chi connectivity index (χ2v) is 7.34. The molecule has 1 saturated heterocycles. The lowest BCUT2D eigenvalue weighted by Crippen LogP contribution is -2.52. The van der Waals surface area contributed by atoms with Crippen LogP contribution in [-0.4, -0.2) is 56.7 Å². The Kier molecular flexibility index (Phi) is 5.52. The highest BCUT2D eigenvalue weighted by Crippen LogP contribution is 2.34. The van der Waals surface area contributed by atoms with Crippen LogP contribution < -0.4 is 10.1 Å². The number of hydrogen-bond acceptors (Lipinski definition) is 3. The number of amides is 2. The van der Waals surface area contributed by atoms with E-state index in [2.05, 4.69) is 44.2 Å². The number of benzene rings is 1. The first-order chi connectivity index (χ1) is 10.8. The molecule has 0 aromatic heterocycles. The Balaban J connectivity index is 1.92. The SMILES string of the molecule is COc1cccc([C@@H]2CCN2C(=O)NCC(C)(C)CN(C)C)c1. The minimum atomic E-state index is 0.0240. The minimum Gasteiger partial charge on any atom is -0.497 e. The normalized spacial score (nSPS) is 17.8. The largest absolute Gasteiger partial charge is 0.497 e. The molecule has 1 aliphatic rings. The van der Waals surface area contributed by atoms with E-state index in [0.29, 0.717) is 6.54 Å². The molecule has 5 heteroatoms. The fourth-order valence-corrected chi connectivity index (χ4v) is 3.15. The second-order valence-electron chi connectivity index (χ2n) is 7.34. The van der Waals surface area contributed by atoms with Gasteiger partial charge in [-0.2, -0.15) is 0 Å². The molecule has 1 aromatic rings. The molecule has 0 unspecified atom stereocenters. The molecule has 1 atom stereocenters. The third-order valence-electron chi connectivity index (χ3n) is 4.22. The summed E-state index contributed by atoms with van der Waals surface area (Å²) in [6.45, 7) is 6.76. The van der Waals surface area contributed by atoms with Gasteiger partial charge in [-0.1, -0.05) is 26.0 Å². The van der Waals surface area contributed by atoms with E-state index in [1.807, 2.05) is 23.1 Å². The lowest BCUT2D eigenvalue weighted by molar-refractivity contribution is 0.111. The van der Waals surface area contributed by atoms with Gasteiger partial charge < -0.3 is 19.9 Å². The average molecular weight is 319 g/mol. The highest BCUT2D eigenvalue weighted by Gasteiger charge is 2.34. The minimum absolute atomic E-state index is 0.0240. The van der Waals surface area contributed by atoms with E-state index in [1.54, 1.807) is 7.11 Å². The topological polar surface area (TPSA) is 44.8 Å². The summed E-state index contributed by atoms with van der Waals surface area (Å²) < 4.78 is 5.27. The molecule has 5 nitrogen and oxygen atoms in total. The van der Waals surface area contributed by atoms with Crippen LogP contribution in [0.5, 0.6) is 5.75 Å². The van der Waals surface area contributed by atoms with E-state index in [1.165, 1.54) is 0 Å². The van der Waals surface area contributed by atoms with E-state index < -0.39 is 0 Å². The number of likely N-dealkylation sites (tertiary alicyclic amines) is 1. The van der Waals surface area contributed by atoms with Gasteiger partial charge in [-0.05, 0) is 43.6 Å². The maximum absolute atomic E-state index is 12.5. The van der Waals surface area contributed by atoms with Gasteiger partial charge in [0.2, 0.25) is 0 Å². The van der Waals surface area contributed by atoms with Gasteiger partial charge in [0, 0.05) is 19.6 Å². The van der Waals surface area contributed by atoms with Gasteiger partial charge in [0.25, 0.3) is 0 Å². The number of carbonyl (C=O) groups excluding carboxylic acids is 1. The molecule has 1 heterocycles. The Morgan fingerprint density at radius 2 is 2.17 bits per heavy atom. The monoisotopic (exact) mass is 319 g/mol. The molecule has 0 saturated carbocycles. The summed E-state index contributed by atoms with van der Waals surface area (Å²) in [5.41, 5.74) is 1.19. The third-order valence-corrected chi connectivity index (χ3v) is 4.22. The van der Waals surface area contributed by atoms with Crippen LogP contribution in [-0.2, 0) is 0 Å². The van der Waals surface area contributed by atoms with Crippen LogP contribution in [0.3, 0.4) is 0 Å². The summed E-state index contributed by atoms with van der Waals surface area (Å²) in [5.74, 6) is 0.835. The standard InChI is InChI=1S/C18H29N3O2/c1-18(2,13-20(3)4)12-19-17(22)21-10-9-16(21)14-7-6-8-15(11-14)23-5/h6-8,11,16H,9-10,12-13H2,1-5H3,(H,19,22)/t16-/m0/s1. The van der Waals surface area contributed by atoms with Crippen molar-refractivity contribution in [2.45, 2.75) is 26.3 Å². The summed E-state index contributed by atoms with van der Waals surface area (Å²) in [4.78, 5) is 16.5. The van der Waals surface area contributed by atoms with Crippen molar-refractivity contribution in [2.75, 3.05) is 40.8 Å². The first-order valence-corrected chi connectivity index (χ1v) is 8.15. The molecular weight excluding hydrogens is 290 g/mol. The van der Waals surface area contributed by atoms with Crippen LogP contribution in [0.15, 0.2) is 24.3 Å². The van der Waals surface area contributed by atoms with Crippen LogP contribution in [0.4, 0.5) is 4.79 Å². The van der Waals surface area contributed by atoms with Gasteiger partial charge in [-0.25, -0.2) is 4.79 Å². The fraction of sp³-hybridized carbons (Fsp3) is 0.611. The van der Waals surface area contributed by atoms with Crippen molar-refractivity contribution in [3.63, 3.8) is 0 Å². The predicted molar refractivity (Wildman–Crippen MR) is 92.8 cm³/mol. The van der Waals surface area contributed by atoms with Crippen LogP contribution in [0.25, 0.3) is 0 Å². The van der Waals surface area contributed by atoms with Gasteiger partial charge in [0.05, 0.1) is 13.2 Å². The van der Waals surface area contributed by atoms with Gasteiger partial charge in [0.15, 0.2) is 0 Å². The van der Waals surface area contributed by atoms with Gasteiger partial charge in [-0.3, -0.25) is 0 Å². The van der Waals surface area contributed by atoms with Gasteiger partial charge in [0.1, 0.15) is 5.75 Å². The van der Waals surface area contributed by atoms with E-state index in [9.17, 15) is 4.79 Å². The van der Waals surface area contributed by atoms with Gasteiger partial charge >= 0.3 is 6.03 Å². The first kappa shape index (κ1) is 17.6. The summed E-state index contributed by atoms with van der Waals surface area (Å²) in [6, 6.07) is 8.15. The number of carbonyl (C=O) groups is 1. The zero-order valence-corrected chi connectivity index (χ0v) is 14.9. The number of hydrogen-bond donors (Lipinski definition) is 1. The lowest BCUT2D eigenvalue weighted by Gasteiger charge is -2.42. The summed E-state index contributed by atoms with van der Waals surface area (Å²) >= 11 is 0. The maximum atomic E-state index is 12.5. The Labute approximate surface area is 139 Å². The Hall–Kier alpha value is -1.75. The molecular formula is C18H29N3O2. The molecule has 1 N–H and O–H groups in total. The maximum Gasteiger partial charge on any atom is 0.317 e. The number of nitrogens with zero attached hydrogens (tertiary/aromatic N) is 2. The fourth-order valence-electron chi connectivity index (χ4n) is 3.15. The van der Waals surface area contributed by atoms with Crippen LogP contribution in [0, 0.1) is 5.41 Å². The van der Waals surface area contributed by atoms with Crippen molar-refractivity contribution in [3.8, 4) is 5.75 Å². The summed E-state index contributed by atoms with van der Waals surface area (Å²) in [5, 5.41) is 3.09. The van der Waals surface area contributed by atoms with Crippen molar-refractivity contribution >= 4 is 6.03 Å². The summed E-state index contributed by atoms with van der Waals surface area (Å²) in [6.07, 6.45) is 1.00. The smallest absolute Gasteiger partial charge is 0.317 e. The zero-order valence-electron chi connectivity index (χ0n) is 14.9. The van der Waals surface area contributed by atoms with Crippen LogP contribution in [0.2, 0.25) is 0 Å². The molecule has 0 spiro atoms. The zero-order chi connectivity index (χ0) is 17.0. The van der Waals surface area contributed by atoms with Crippen molar-refractivity contribution < 1.29 is 9.53 Å². The molecule has 1 aromatic carbocycles. The highest BCUT2D eigenvalue weighted by atomic mass is 16.5. The molecule has 23 heavy (non-hydrogen) atoms. The molecule has 2 amide bonds. The van der Waals surface area contributed by atoms with Crippen molar-refractivity contribution in [3.05, 3.63) is 29.8 Å². The third kappa shape index (κ3) is 4.61. The number of ether oxygens (including phenoxy) is 1. The molecule has 1 fully saturated rings. The van der Waals surface area contributed by atoms with Crippen molar-refractivity contribution in [1.29, 1.82) is 0 Å². The average Bonchev–Trinajstić information content (AvgIpc) is 2.43. The van der Waals surface area contributed by atoms with E-state index >= 15 is 0 Å². The number of rotatable bonds is 6. The van der Waals surface area contributed by atoms with Crippen molar-refractivity contribution in [2.24, 2.45) is 5.41 Å². The molecule has 1 aliphatic heterocycles. The van der Waals surface area contributed by atoms with E-state index in [-0.39, 0.29) is 17.5 Å². The van der Waals surface area contributed by atoms with Crippen LogP contribution >= 0.6 is 0 Å². The number of methoxy groups -OCH3 is 1. The summed E-state index contributed by atoms with van der Waals surface area (Å²) in [7, 11) is 5.77. The molecule has 0 bridgehead atoms. The second kappa shape index (κ2) is 7.21. The van der Waals surface area contributed by atoms with Crippen LogP contribution in [0.1, 0.15) is 31.9 Å². The molecule has 128 valence electrons. The number of urea groups is 1. The Morgan fingerprint density at radius 1 is 1.43 bits per heavy atom. The molecule has 2 rings (SSSR count). The van der Waals surface area contributed by atoms with E-state index in [4.69, 9.17) is 4.74 Å². The Bertz CT molecular complexity index is 543. The quantitative estimate of drug-likeness (QED) is 0.877. The van der Waals surface area contributed by atoms with Gasteiger partial charge in [-0.15, -0.1) is 0 Å². The predicted octanol–water partition coefficient (Wildman–Crippen LogP) is 2.74. The lowest BCUT2D eigenvalue weighted by atomic mass is 9.92.